The molecule has 2 aromatic carbocycles. The van der Waals surface area contributed by atoms with E-state index in [4.69, 9.17) is 4.74 Å². The molecular weight excluding hydrogens is 540 g/mol. The maximum Gasteiger partial charge on any atom is 0.573 e. The molecule has 0 spiro atoms. The molecule has 0 saturated carbocycles. The number of carbonyl (C=O) groups is 1. The summed E-state index contributed by atoms with van der Waals surface area (Å²) in [6.07, 6.45) is -4.76. The van der Waals surface area contributed by atoms with E-state index in [0.717, 1.165) is 5.56 Å². The first kappa shape index (κ1) is 27.3. The smallest absolute Gasteiger partial charge is 0.484 e. The molecule has 11 heteroatoms. The summed E-state index contributed by atoms with van der Waals surface area (Å²) < 4.78 is 47.2. The first-order valence-corrected chi connectivity index (χ1v) is 9.38. The van der Waals surface area contributed by atoms with Gasteiger partial charge in [-0.05, 0) is 23.8 Å². The number of halogens is 4. The predicted octanol–water partition coefficient (Wildman–Crippen LogP) is 3.54. The molecule has 1 amide bonds. The largest absolute Gasteiger partial charge is 0.573 e. The zero-order valence-corrected chi connectivity index (χ0v) is 20.2. The standard InChI is InChI=1S/C21H25F3N4O3.HI/c1-25-20(27-13-16-8-4-5-10-18(16)31-21(22,23)24)26-12-15-7-6-9-17(11-15)30-14-19(29)28(2)3;/h4-11H,12-14H2,1-3H3,(H2,25,26,27);1H. The molecule has 2 aromatic rings. The Morgan fingerprint density at radius 3 is 2.41 bits per heavy atom. The lowest BCUT2D eigenvalue weighted by Gasteiger charge is -2.16. The molecule has 0 aliphatic heterocycles. The zero-order chi connectivity index (χ0) is 22.9. The van der Waals surface area contributed by atoms with E-state index in [2.05, 4.69) is 20.4 Å². The zero-order valence-electron chi connectivity index (χ0n) is 17.9. The number of nitrogens with zero attached hydrogens (tertiary/aromatic N) is 2. The quantitative estimate of drug-likeness (QED) is 0.291. The van der Waals surface area contributed by atoms with Gasteiger partial charge in [-0.15, -0.1) is 37.1 Å². The molecule has 0 radical (unpaired) electrons. The molecule has 0 bridgehead atoms. The molecule has 2 rings (SSSR count). The average molecular weight is 566 g/mol. The number of amides is 1. The highest BCUT2D eigenvalue weighted by molar-refractivity contribution is 14.0. The second-order valence-corrected chi connectivity index (χ2v) is 6.66. The summed E-state index contributed by atoms with van der Waals surface area (Å²) in [4.78, 5) is 17.2. The summed E-state index contributed by atoms with van der Waals surface area (Å²) in [5, 5.41) is 6.04. The van der Waals surface area contributed by atoms with Crippen molar-refractivity contribution < 1.29 is 27.4 Å². The number of ether oxygens (including phenoxy) is 2. The van der Waals surface area contributed by atoms with Crippen LogP contribution in [0.25, 0.3) is 0 Å². The molecule has 0 saturated heterocycles. The average Bonchev–Trinajstić information content (AvgIpc) is 2.72. The minimum absolute atomic E-state index is 0. The highest BCUT2D eigenvalue weighted by Gasteiger charge is 2.31. The number of aliphatic imine (C=N–C) groups is 1. The van der Waals surface area contributed by atoms with Crippen LogP contribution in [0.3, 0.4) is 0 Å². The minimum Gasteiger partial charge on any atom is -0.484 e. The SMILES string of the molecule is CN=C(NCc1cccc(OCC(=O)N(C)C)c1)NCc1ccccc1OC(F)(F)F.I. The lowest BCUT2D eigenvalue weighted by molar-refractivity contribution is -0.274. The number of para-hydroxylation sites is 1. The highest BCUT2D eigenvalue weighted by Crippen LogP contribution is 2.26. The Hall–Kier alpha value is -2.70. The van der Waals surface area contributed by atoms with E-state index < -0.39 is 6.36 Å². The fraction of sp³-hybridized carbons (Fsp3) is 0.333. The molecule has 7 nitrogen and oxygen atoms in total. The molecule has 176 valence electrons. The summed E-state index contributed by atoms with van der Waals surface area (Å²) in [6.45, 7) is 0.410. The van der Waals surface area contributed by atoms with Gasteiger partial charge in [0.25, 0.3) is 5.91 Å². The van der Waals surface area contributed by atoms with Crippen molar-refractivity contribution in [2.75, 3.05) is 27.7 Å². The normalized spacial score (nSPS) is 11.2. The second-order valence-electron chi connectivity index (χ2n) is 6.66. The predicted molar refractivity (Wildman–Crippen MR) is 126 cm³/mol. The molecule has 0 aliphatic rings. The van der Waals surface area contributed by atoms with Gasteiger partial charge in [0.05, 0.1) is 0 Å². The first-order valence-electron chi connectivity index (χ1n) is 9.38. The van der Waals surface area contributed by atoms with Gasteiger partial charge in [0.1, 0.15) is 11.5 Å². The van der Waals surface area contributed by atoms with Crippen LogP contribution in [0.1, 0.15) is 11.1 Å². The van der Waals surface area contributed by atoms with E-state index >= 15 is 0 Å². The van der Waals surface area contributed by atoms with Crippen LogP contribution in [0.15, 0.2) is 53.5 Å². The van der Waals surface area contributed by atoms with Crippen molar-refractivity contribution in [1.29, 1.82) is 0 Å². The summed E-state index contributed by atoms with van der Waals surface area (Å²) in [5.74, 6) is 0.532. The van der Waals surface area contributed by atoms with Crippen molar-refractivity contribution in [2.24, 2.45) is 4.99 Å². The molecule has 0 unspecified atom stereocenters. The Labute approximate surface area is 202 Å². The molecular formula is C21H26F3IN4O3. The van der Waals surface area contributed by atoms with Gasteiger partial charge in [-0.25, -0.2) is 0 Å². The van der Waals surface area contributed by atoms with Crippen LogP contribution in [0.2, 0.25) is 0 Å². The molecule has 2 N–H and O–H groups in total. The van der Waals surface area contributed by atoms with Crippen molar-refractivity contribution in [2.45, 2.75) is 19.5 Å². The lowest BCUT2D eigenvalue weighted by Crippen LogP contribution is -2.36. The Balaban J connectivity index is 0.00000512. The van der Waals surface area contributed by atoms with E-state index in [1.165, 1.54) is 23.1 Å². The summed E-state index contributed by atoms with van der Waals surface area (Å²) in [6, 6.07) is 13.1. The van der Waals surface area contributed by atoms with Crippen molar-refractivity contribution in [3.63, 3.8) is 0 Å². The maximum atomic E-state index is 12.6. The topological polar surface area (TPSA) is 75.2 Å². The van der Waals surface area contributed by atoms with E-state index in [-0.39, 0.29) is 48.8 Å². The Morgan fingerprint density at radius 2 is 1.75 bits per heavy atom. The summed E-state index contributed by atoms with van der Waals surface area (Å²) in [7, 11) is 4.86. The van der Waals surface area contributed by atoms with Crippen LogP contribution in [-0.2, 0) is 17.9 Å². The number of nitrogens with one attached hydrogen (secondary N) is 2. The highest BCUT2D eigenvalue weighted by atomic mass is 127. The number of carbonyl (C=O) groups excluding carboxylic acids is 1. The van der Waals surface area contributed by atoms with Crippen molar-refractivity contribution in [1.82, 2.24) is 15.5 Å². The number of likely N-dealkylation sites (N-methyl/N-ethyl adjacent to an activating group) is 1. The van der Waals surface area contributed by atoms with Gasteiger partial charge in [0, 0.05) is 39.8 Å². The van der Waals surface area contributed by atoms with Crippen molar-refractivity contribution in [3.8, 4) is 11.5 Å². The van der Waals surface area contributed by atoms with Gasteiger partial charge in [0.15, 0.2) is 12.6 Å². The van der Waals surface area contributed by atoms with Gasteiger partial charge in [-0.2, -0.15) is 0 Å². The van der Waals surface area contributed by atoms with Gasteiger partial charge in [-0.1, -0.05) is 30.3 Å². The number of guanidine groups is 1. The first-order chi connectivity index (χ1) is 14.7. The van der Waals surface area contributed by atoms with Crippen LogP contribution in [0, 0.1) is 0 Å². The fourth-order valence-electron chi connectivity index (χ4n) is 2.48. The van der Waals surface area contributed by atoms with Crippen LogP contribution in [0.4, 0.5) is 13.2 Å². The van der Waals surface area contributed by atoms with Crippen molar-refractivity contribution in [3.05, 3.63) is 59.7 Å². The molecule has 0 atom stereocenters. The van der Waals surface area contributed by atoms with Crippen LogP contribution in [-0.4, -0.2) is 50.9 Å². The van der Waals surface area contributed by atoms with Crippen LogP contribution in [0.5, 0.6) is 11.5 Å². The van der Waals surface area contributed by atoms with Crippen LogP contribution < -0.4 is 20.1 Å². The molecule has 0 heterocycles. The van der Waals surface area contributed by atoms with E-state index in [1.807, 2.05) is 6.07 Å². The van der Waals surface area contributed by atoms with E-state index in [1.54, 1.807) is 45.4 Å². The number of rotatable bonds is 8. The maximum absolute atomic E-state index is 12.6. The third-order valence-electron chi connectivity index (χ3n) is 4.09. The Morgan fingerprint density at radius 1 is 1.06 bits per heavy atom. The van der Waals surface area contributed by atoms with Crippen molar-refractivity contribution >= 4 is 35.8 Å². The van der Waals surface area contributed by atoms with Gasteiger partial charge >= 0.3 is 6.36 Å². The molecule has 0 aromatic heterocycles. The third-order valence-corrected chi connectivity index (χ3v) is 4.09. The van der Waals surface area contributed by atoms with Crippen LogP contribution >= 0.6 is 24.0 Å². The van der Waals surface area contributed by atoms with Gasteiger partial charge in [0.2, 0.25) is 0 Å². The molecule has 32 heavy (non-hydrogen) atoms. The Kier molecular flexibility index (Phi) is 11.1. The number of alkyl halides is 3. The molecule has 0 fully saturated rings. The molecule has 0 aliphatic carbocycles. The van der Waals surface area contributed by atoms with Gasteiger partial charge in [-0.3, -0.25) is 9.79 Å². The number of hydrogen-bond acceptors (Lipinski definition) is 4. The minimum atomic E-state index is -4.76. The van der Waals surface area contributed by atoms with E-state index in [9.17, 15) is 18.0 Å². The summed E-state index contributed by atoms with van der Waals surface area (Å²) in [5.41, 5.74) is 1.21. The third kappa shape index (κ3) is 9.62. The monoisotopic (exact) mass is 566 g/mol. The Bertz CT molecular complexity index is 908. The van der Waals surface area contributed by atoms with E-state index in [0.29, 0.717) is 23.8 Å². The number of benzene rings is 2. The van der Waals surface area contributed by atoms with Gasteiger partial charge < -0.3 is 25.0 Å². The summed E-state index contributed by atoms with van der Waals surface area (Å²) >= 11 is 0. The second kappa shape index (κ2) is 13.0. The fourth-order valence-corrected chi connectivity index (χ4v) is 2.48. The number of hydrogen-bond donors (Lipinski definition) is 2. The lowest BCUT2D eigenvalue weighted by atomic mass is 10.2.